The molecule has 100 valence electrons. The minimum absolute atomic E-state index is 0.149. The lowest BCUT2D eigenvalue weighted by atomic mass is 10.0. The summed E-state index contributed by atoms with van der Waals surface area (Å²) in [5.74, 6) is 0.929. The van der Waals surface area contributed by atoms with Crippen LogP contribution in [0.25, 0.3) is 0 Å². The van der Waals surface area contributed by atoms with E-state index in [4.69, 9.17) is 22.1 Å². The number of hydrogen-bond acceptors (Lipinski definition) is 2. The van der Waals surface area contributed by atoms with Crippen molar-refractivity contribution in [3.8, 4) is 5.75 Å². The fraction of sp³-hybridized carbons (Fsp3) is 0.600. The van der Waals surface area contributed by atoms with Crippen LogP contribution in [0.5, 0.6) is 5.75 Å². The van der Waals surface area contributed by atoms with Gasteiger partial charge in [-0.1, -0.05) is 24.6 Å². The summed E-state index contributed by atoms with van der Waals surface area (Å²) in [6.45, 7) is 2.10. The van der Waals surface area contributed by atoms with Crippen LogP contribution in [0.1, 0.15) is 44.6 Å². The van der Waals surface area contributed by atoms with Crippen LogP contribution in [0.2, 0.25) is 5.02 Å². The van der Waals surface area contributed by atoms with Crippen molar-refractivity contribution in [2.45, 2.75) is 57.6 Å². The lowest BCUT2D eigenvalue weighted by molar-refractivity contribution is 0.207. The van der Waals surface area contributed by atoms with Crippen molar-refractivity contribution in [3.63, 3.8) is 0 Å². The molecule has 1 aromatic carbocycles. The Balaban J connectivity index is 2.14. The molecule has 0 aliphatic heterocycles. The number of benzene rings is 1. The summed E-state index contributed by atoms with van der Waals surface area (Å²) in [6, 6.07) is 6.03. The zero-order valence-corrected chi connectivity index (χ0v) is 11.7. The Bertz CT molecular complexity index is 388. The second-order valence-corrected chi connectivity index (χ2v) is 5.52. The van der Waals surface area contributed by atoms with E-state index >= 15 is 0 Å². The van der Waals surface area contributed by atoms with Crippen molar-refractivity contribution in [1.29, 1.82) is 0 Å². The Labute approximate surface area is 114 Å². The highest BCUT2D eigenvalue weighted by Crippen LogP contribution is 2.31. The van der Waals surface area contributed by atoms with Crippen molar-refractivity contribution in [3.05, 3.63) is 28.8 Å². The molecule has 0 saturated heterocycles. The van der Waals surface area contributed by atoms with Gasteiger partial charge < -0.3 is 10.5 Å². The number of halogens is 1. The largest absolute Gasteiger partial charge is 0.490 e. The monoisotopic (exact) mass is 267 g/mol. The summed E-state index contributed by atoms with van der Waals surface area (Å²) >= 11 is 6.28. The smallest absolute Gasteiger partial charge is 0.124 e. The molecule has 0 radical (unpaired) electrons. The van der Waals surface area contributed by atoms with E-state index in [-0.39, 0.29) is 6.04 Å². The van der Waals surface area contributed by atoms with Crippen LogP contribution in [-0.2, 0) is 6.42 Å². The van der Waals surface area contributed by atoms with Crippen LogP contribution in [0, 0.1) is 0 Å². The second-order valence-electron chi connectivity index (χ2n) is 5.11. The summed E-state index contributed by atoms with van der Waals surface area (Å²) in [7, 11) is 0. The summed E-state index contributed by atoms with van der Waals surface area (Å²) in [5.41, 5.74) is 7.11. The van der Waals surface area contributed by atoms with E-state index in [9.17, 15) is 0 Å². The number of nitrogens with two attached hydrogens (primary N) is 1. The van der Waals surface area contributed by atoms with Crippen LogP contribution in [0.15, 0.2) is 18.2 Å². The molecule has 2 nitrogen and oxygen atoms in total. The van der Waals surface area contributed by atoms with E-state index in [2.05, 4.69) is 6.92 Å². The Hall–Kier alpha value is -0.730. The van der Waals surface area contributed by atoms with Gasteiger partial charge >= 0.3 is 0 Å². The predicted octanol–water partition coefficient (Wildman–Crippen LogP) is 3.94. The molecule has 2 N–H and O–H groups in total. The van der Waals surface area contributed by atoms with Gasteiger partial charge in [-0.15, -0.1) is 0 Å². The summed E-state index contributed by atoms with van der Waals surface area (Å²) < 4.78 is 6.09. The zero-order valence-electron chi connectivity index (χ0n) is 11.0. The topological polar surface area (TPSA) is 35.2 Å². The Morgan fingerprint density at radius 3 is 2.78 bits per heavy atom. The molecule has 1 saturated carbocycles. The van der Waals surface area contributed by atoms with Crippen molar-refractivity contribution in [2.24, 2.45) is 5.73 Å². The normalized spacial score (nSPS) is 17.9. The molecule has 0 heterocycles. The van der Waals surface area contributed by atoms with Gasteiger partial charge in [0.25, 0.3) is 0 Å². The standard InChI is InChI=1S/C15H22ClNO/c1-2-11(17)10-13-14(16)8-5-9-15(13)18-12-6-3-4-7-12/h5,8-9,11-12H,2-4,6-7,10,17H2,1H3. The quantitative estimate of drug-likeness (QED) is 0.877. The van der Waals surface area contributed by atoms with E-state index in [0.717, 1.165) is 42.0 Å². The fourth-order valence-corrected chi connectivity index (χ4v) is 2.68. The Morgan fingerprint density at radius 2 is 2.11 bits per heavy atom. The third kappa shape index (κ3) is 3.39. The molecule has 3 heteroatoms. The van der Waals surface area contributed by atoms with Crippen LogP contribution in [0.4, 0.5) is 0 Å². The highest BCUT2D eigenvalue weighted by Gasteiger charge is 2.19. The molecule has 2 rings (SSSR count). The summed E-state index contributed by atoms with van der Waals surface area (Å²) in [6.07, 6.45) is 6.97. The third-order valence-electron chi connectivity index (χ3n) is 3.66. The maximum Gasteiger partial charge on any atom is 0.124 e. The molecule has 1 unspecified atom stereocenters. The lowest BCUT2D eigenvalue weighted by Gasteiger charge is -2.19. The predicted molar refractivity (Wildman–Crippen MR) is 76.3 cm³/mol. The third-order valence-corrected chi connectivity index (χ3v) is 4.02. The van der Waals surface area contributed by atoms with Gasteiger partial charge in [-0.05, 0) is 50.7 Å². The van der Waals surface area contributed by atoms with E-state index < -0.39 is 0 Å². The van der Waals surface area contributed by atoms with Crippen LogP contribution >= 0.6 is 11.6 Å². The fourth-order valence-electron chi connectivity index (χ4n) is 2.44. The van der Waals surface area contributed by atoms with Crippen LogP contribution in [0.3, 0.4) is 0 Å². The highest BCUT2D eigenvalue weighted by molar-refractivity contribution is 6.31. The van der Waals surface area contributed by atoms with Crippen molar-refractivity contribution in [2.75, 3.05) is 0 Å². The van der Waals surface area contributed by atoms with Gasteiger partial charge in [0.05, 0.1) is 6.10 Å². The van der Waals surface area contributed by atoms with Gasteiger partial charge in [0.2, 0.25) is 0 Å². The summed E-state index contributed by atoms with van der Waals surface area (Å²) in [5, 5.41) is 0.773. The first kappa shape index (κ1) is 13.7. The average Bonchev–Trinajstić information content (AvgIpc) is 2.86. The molecule has 0 bridgehead atoms. The first-order valence-electron chi connectivity index (χ1n) is 6.90. The van der Waals surface area contributed by atoms with Crippen molar-refractivity contribution >= 4 is 11.6 Å². The van der Waals surface area contributed by atoms with Gasteiger partial charge in [0.15, 0.2) is 0 Å². The molecule has 1 aliphatic rings. The molecule has 1 fully saturated rings. The second kappa shape index (κ2) is 6.44. The number of ether oxygens (including phenoxy) is 1. The van der Waals surface area contributed by atoms with E-state index in [1.54, 1.807) is 0 Å². The molecule has 1 aliphatic carbocycles. The van der Waals surface area contributed by atoms with Gasteiger partial charge in [0.1, 0.15) is 5.75 Å². The molecule has 0 aromatic heterocycles. The maximum absolute atomic E-state index is 6.28. The molecule has 1 aromatic rings. The minimum atomic E-state index is 0.149. The molecule has 0 amide bonds. The number of rotatable bonds is 5. The van der Waals surface area contributed by atoms with E-state index in [1.165, 1.54) is 12.8 Å². The number of hydrogen-bond donors (Lipinski definition) is 1. The van der Waals surface area contributed by atoms with Crippen molar-refractivity contribution < 1.29 is 4.74 Å². The van der Waals surface area contributed by atoms with Gasteiger partial charge in [-0.25, -0.2) is 0 Å². The first-order valence-corrected chi connectivity index (χ1v) is 7.28. The van der Waals surface area contributed by atoms with Gasteiger partial charge in [-0.2, -0.15) is 0 Å². The van der Waals surface area contributed by atoms with E-state index in [1.807, 2.05) is 18.2 Å². The Morgan fingerprint density at radius 1 is 1.39 bits per heavy atom. The molecular formula is C15H22ClNO. The molecular weight excluding hydrogens is 246 g/mol. The molecule has 0 spiro atoms. The van der Waals surface area contributed by atoms with Gasteiger partial charge in [0, 0.05) is 16.6 Å². The lowest BCUT2D eigenvalue weighted by Crippen LogP contribution is -2.22. The SMILES string of the molecule is CCC(N)Cc1c(Cl)cccc1OC1CCCC1. The first-order chi connectivity index (χ1) is 8.70. The van der Waals surface area contributed by atoms with E-state index in [0.29, 0.717) is 6.10 Å². The average molecular weight is 268 g/mol. The molecule has 1 atom stereocenters. The minimum Gasteiger partial charge on any atom is -0.490 e. The maximum atomic E-state index is 6.28. The van der Waals surface area contributed by atoms with Crippen LogP contribution in [-0.4, -0.2) is 12.1 Å². The van der Waals surface area contributed by atoms with Crippen LogP contribution < -0.4 is 10.5 Å². The molecule has 18 heavy (non-hydrogen) atoms. The Kier molecular flexibility index (Phi) is 4.90. The zero-order chi connectivity index (χ0) is 13.0. The summed E-state index contributed by atoms with van der Waals surface area (Å²) in [4.78, 5) is 0. The van der Waals surface area contributed by atoms with Gasteiger partial charge in [-0.3, -0.25) is 0 Å². The highest BCUT2D eigenvalue weighted by atomic mass is 35.5. The van der Waals surface area contributed by atoms with Crippen molar-refractivity contribution in [1.82, 2.24) is 0 Å².